The Morgan fingerprint density at radius 2 is 2.21 bits per heavy atom. The summed E-state index contributed by atoms with van der Waals surface area (Å²) in [5.41, 5.74) is 0. The lowest BCUT2D eigenvalue weighted by Crippen LogP contribution is -2.03. The number of carbonyl (C=O) groups excluding carboxylic acids is 1. The first kappa shape index (κ1) is 13.9. The summed E-state index contributed by atoms with van der Waals surface area (Å²) in [6.45, 7) is 1.93. The van der Waals surface area contributed by atoms with E-state index in [0.717, 1.165) is 35.2 Å². The first-order chi connectivity index (χ1) is 9.10. The molecule has 0 atom stereocenters. The highest BCUT2D eigenvalue weighted by Gasteiger charge is 2.15. The Labute approximate surface area is 115 Å². The van der Waals surface area contributed by atoms with Crippen LogP contribution in [-0.4, -0.2) is 22.8 Å². The second-order valence-corrected chi connectivity index (χ2v) is 5.54. The molecule has 0 saturated heterocycles. The van der Waals surface area contributed by atoms with E-state index >= 15 is 0 Å². The number of halogens is 2. The fraction of sp³-hybridized carbons (Fsp3) is 0.182. The molecule has 2 rings (SSSR count). The zero-order valence-electron chi connectivity index (χ0n) is 9.72. The number of carbonyl (C=O) groups is 1. The molecule has 1 aromatic heterocycles. The van der Waals surface area contributed by atoms with Crippen molar-refractivity contribution in [2.45, 2.75) is 16.2 Å². The summed E-state index contributed by atoms with van der Waals surface area (Å²) >= 11 is 1.97. The SMILES string of the molecule is CCOC(=O)c1nnc(Sc2ccc(F)cc2F)s1. The summed E-state index contributed by atoms with van der Waals surface area (Å²) < 4.78 is 31.3. The number of aromatic nitrogens is 2. The Morgan fingerprint density at radius 1 is 1.42 bits per heavy atom. The van der Waals surface area contributed by atoms with Crippen molar-refractivity contribution in [2.75, 3.05) is 6.61 Å². The highest BCUT2D eigenvalue weighted by Crippen LogP contribution is 2.32. The highest BCUT2D eigenvalue weighted by molar-refractivity contribution is 8.01. The minimum Gasteiger partial charge on any atom is -0.461 e. The minimum atomic E-state index is -0.683. The number of nitrogens with zero attached hydrogens (tertiary/aromatic N) is 2. The van der Waals surface area contributed by atoms with Crippen LogP contribution < -0.4 is 0 Å². The molecular weight excluding hydrogens is 294 g/mol. The number of ether oxygens (including phenoxy) is 1. The molecule has 0 aliphatic carbocycles. The number of benzene rings is 1. The third kappa shape index (κ3) is 3.48. The van der Waals surface area contributed by atoms with Crippen molar-refractivity contribution in [3.63, 3.8) is 0 Å². The number of hydrogen-bond acceptors (Lipinski definition) is 6. The standard InChI is InChI=1S/C11H8F2N2O2S2/c1-2-17-10(16)9-14-15-11(19-9)18-8-4-3-6(12)5-7(8)13/h3-5H,2H2,1H3. The van der Waals surface area contributed by atoms with Gasteiger partial charge in [0.15, 0.2) is 4.34 Å². The molecule has 2 aromatic rings. The third-order valence-electron chi connectivity index (χ3n) is 1.95. The van der Waals surface area contributed by atoms with E-state index in [9.17, 15) is 13.6 Å². The largest absolute Gasteiger partial charge is 0.461 e. The van der Waals surface area contributed by atoms with Gasteiger partial charge in [0.25, 0.3) is 0 Å². The van der Waals surface area contributed by atoms with Gasteiger partial charge in [0.2, 0.25) is 5.01 Å². The summed E-state index contributed by atoms with van der Waals surface area (Å²) in [6, 6.07) is 3.25. The molecule has 100 valence electrons. The van der Waals surface area contributed by atoms with Gasteiger partial charge in [0, 0.05) is 6.07 Å². The van der Waals surface area contributed by atoms with Gasteiger partial charge in [0.1, 0.15) is 11.6 Å². The number of hydrogen-bond donors (Lipinski definition) is 0. The van der Waals surface area contributed by atoms with E-state index in [-0.39, 0.29) is 16.5 Å². The quantitative estimate of drug-likeness (QED) is 0.812. The van der Waals surface area contributed by atoms with Crippen molar-refractivity contribution >= 4 is 29.1 Å². The zero-order valence-corrected chi connectivity index (χ0v) is 11.4. The lowest BCUT2D eigenvalue weighted by molar-refractivity contribution is 0.0525. The first-order valence-corrected chi connectivity index (χ1v) is 6.87. The molecule has 0 radical (unpaired) electrons. The van der Waals surface area contributed by atoms with Gasteiger partial charge >= 0.3 is 5.97 Å². The van der Waals surface area contributed by atoms with Crippen molar-refractivity contribution < 1.29 is 18.3 Å². The molecule has 4 nitrogen and oxygen atoms in total. The fourth-order valence-corrected chi connectivity index (χ4v) is 2.88. The van der Waals surface area contributed by atoms with E-state index in [1.165, 1.54) is 6.07 Å². The Hall–Kier alpha value is -1.54. The van der Waals surface area contributed by atoms with Crippen LogP contribution >= 0.6 is 23.1 Å². The molecule has 19 heavy (non-hydrogen) atoms. The van der Waals surface area contributed by atoms with Gasteiger partial charge in [-0.05, 0) is 19.1 Å². The van der Waals surface area contributed by atoms with E-state index in [2.05, 4.69) is 10.2 Å². The van der Waals surface area contributed by atoms with Crippen LogP contribution in [0.15, 0.2) is 27.4 Å². The van der Waals surface area contributed by atoms with E-state index in [1.807, 2.05) is 0 Å². The van der Waals surface area contributed by atoms with Crippen molar-refractivity contribution in [3.8, 4) is 0 Å². The summed E-state index contributed by atoms with van der Waals surface area (Å²) in [5.74, 6) is -1.89. The third-order valence-corrected chi connectivity index (χ3v) is 3.95. The molecule has 0 aliphatic rings. The molecule has 8 heteroatoms. The average Bonchev–Trinajstić information content (AvgIpc) is 2.82. The molecule has 0 N–H and O–H groups in total. The van der Waals surface area contributed by atoms with Crippen LogP contribution in [0.4, 0.5) is 8.78 Å². The van der Waals surface area contributed by atoms with E-state index in [4.69, 9.17) is 4.74 Å². The van der Waals surface area contributed by atoms with Crippen LogP contribution in [0.25, 0.3) is 0 Å². The molecule has 0 unspecified atom stereocenters. The van der Waals surface area contributed by atoms with Crippen LogP contribution in [0, 0.1) is 11.6 Å². The van der Waals surface area contributed by atoms with Crippen molar-refractivity contribution in [3.05, 3.63) is 34.8 Å². The molecule has 0 bridgehead atoms. The van der Waals surface area contributed by atoms with Gasteiger partial charge in [-0.3, -0.25) is 0 Å². The summed E-state index contributed by atoms with van der Waals surface area (Å²) in [7, 11) is 0. The van der Waals surface area contributed by atoms with Crippen LogP contribution in [0.3, 0.4) is 0 Å². The summed E-state index contributed by atoms with van der Waals surface area (Å²) in [5, 5.41) is 7.51. The second kappa shape index (κ2) is 6.07. The minimum absolute atomic E-state index is 0.104. The Balaban J connectivity index is 2.13. The van der Waals surface area contributed by atoms with E-state index in [0.29, 0.717) is 4.34 Å². The second-order valence-electron chi connectivity index (χ2n) is 3.27. The lowest BCUT2D eigenvalue weighted by atomic mass is 10.3. The monoisotopic (exact) mass is 302 g/mol. The maximum absolute atomic E-state index is 13.4. The number of rotatable bonds is 4. The van der Waals surface area contributed by atoms with E-state index < -0.39 is 17.6 Å². The van der Waals surface area contributed by atoms with Crippen LogP contribution in [-0.2, 0) is 4.74 Å². The molecule has 0 saturated carbocycles. The van der Waals surface area contributed by atoms with Crippen molar-refractivity contribution in [1.29, 1.82) is 0 Å². The highest BCUT2D eigenvalue weighted by atomic mass is 32.2. The topological polar surface area (TPSA) is 52.1 Å². The predicted octanol–water partition coefficient (Wildman–Crippen LogP) is 3.14. The van der Waals surface area contributed by atoms with Crippen molar-refractivity contribution in [1.82, 2.24) is 10.2 Å². The van der Waals surface area contributed by atoms with Gasteiger partial charge in [-0.1, -0.05) is 23.1 Å². The summed E-state index contributed by atoms with van der Waals surface area (Å²) in [4.78, 5) is 11.6. The maximum Gasteiger partial charge on any atom is 0.369 e. The van der Waals surface area contributed by atoms with Crippen LogP contribution in [0.2, 0.25) is 0 Å². The zero-order chi connectivity index (χ0) is 13.8. The van der Waals surface area contributed by atoms with Gasteiger partial charge in [0.05, 0.1) is 11.5 Å². The molecular formula is C11H8F2N2O2S2. The van der Waals surface area contributed by atoms with Gasteiger partial charge < -0.3 is 4.74 Å². The van der Waals surface area contributed by atoms with Gasteiger partial charge in [-0.2, -0.15) is 0 Å². The fourth-order valence-electron chi connectivity index (χ4n) is 1.18. The van der Waals surface area contributed by atoms with Crippen LogP contribution in [0.5, 0.6) is 0 Å². The molecule has 0 amide bonds. The lowest BCUT2D eigenvalue weighted by Gasteiger charge is -1.98. The van der Waals surface area contributed by atoms with E-state index in [1.54, 1.807) is 6.92 Å². The summed E-state index contributed by atoms with van der Waals surface area (Å²) in [6.07, 6.45) is 0. The number of esters is 1. The molecule has 0 aliphatic heterocycles. The van der Waals surface area contributed by atoms with Gasteiger partial charge in [-0.15, -0.1) is 10.2 Å². The maximum atomic E-state index is 13.4. The molecule has 0 fully saturated rings. The first-order valence-electron chi connectivity index (χ1n) is 5.23. The Bertz CT molecular complexity index is 604. The molecule has 1 aromatic carbocycles. The molecule has 1 heterocycles. The Morgan fingerprint density at radius 3 is 2.89 bits per heavy atom. The van der Waals surface area contributed by atoms with Gasteiger partial charge in [-0.25, -0.2) is 13.6 Å². The van der Waals surface area contributed by atoms with Crippen molar-refractivity contribution in [2.24, 2.45) is 0 Å². The Kier molecular flexibility index (Phi) is 4.43. The predicted molar refractivity (Wildman–Crippen MR) is 66.3 cm³/mol. The molecule has 0 spiro atoms. The average molecular weight is 302 g/mol. The van der Waals surface area contributed by atoms with Crippen LogP contribution in [0.1, 0.15) is 16.7 Å². The smallest absolute Gasteiger partial charge is 0.369 e. The normalized spacial score (nSPS) is 10.5.